The molecule has 134 valence electrons. The van der Waals surface area contributed by atoms with E-state index in [1.165, 1.54) is 0 Å². The van der Waals surface area contributed by atoms with Crippen LogP contribution in [0, 0.1) is 0 Å². The van der Waals surface area contributed by atoms with Crippen LogP contribution in [-0.2, 0) is 13.1 Å². The summed E-state index contributed by atoms with van der Waals surface area (Å²) in [6, 6.07) is 1.99. The number of rotatable bonds is 5. The predicted molar refractivity (Wildman–Crippen MR) is 112 cm³/mol. The van der Waals surface area contributed by atoms with Gasteiger partial charge in [-0.1, -0.05) is 23.5 Å². The molecule has 7 nitrogen and oxygen atoms in total. The molecule has 0 N–H and O–H groups in total. The van der Waals surface area contributed by atoms with Crippen LogP contribution in [0.2, 0.25) is 0 Å². The average Bonchev–Trinajstić information content (AvgIpc) is 3.16. The van der Waals surface area contributed by atoms with Gasteiger partial charge in [0.2, 0.25) is 0 Å². The Morgan fingerprint density at radius 2 is 1.58 bits per heavy atom. The van der Waals surface area contributed by atoms with Crippen molar-refractivity contribution in [3.8, 4) is 0 Å². The van der Waals surface area contributed by atoms with E-state index in [2.05, 4.69) is 65.9 Å². The molecule has 4 aromatic heterocycles. The van der Waals surface area contributed by atoms with E-state index in [1.807, 2.05) is 18.6 Å². The van der Waals surface area contributed by atoms with Crippen LogP contribution in [0.5, 0.6) is 0 Å². The van der Waals surface area contributed by atoms with E-state index in [1.54, 1.807) is 35.9 Å². The van der Waals surface area contributed by atoms with Crippen LogP contribution in [0.4, 0.5) is 0 Å². The van der Waals surface area contributed by atoms with Gasteiger partial charge in [-0.2, -0.15) is 0 Å². The Kier molecular flexibility index (Phi) is 5.22. The van der Waals surface area contributed by atoms with Crippen molar-refractivity contribution in [3.63, 3.8) is 0 Å². The molecule has 0 aliphatic rings. The van der Waals surface area contributed by atoms with Crippen LogP contribution in [0.25, 0.3) is 22.5 Å². The zero-order valence-corrected chi connectivity index (χ0v) is 18.7. The highest BCUT2D eigenvalue weighted by molar-refractivity contribution is 9.10. The number of pyridine rings is 1. The molecule has 0 saturated heterocycles. The topological polar surface area (TPSA) is 74.3 Å². The summed E-state index contributed by atoms with van der Waals surface area (Å²) in [7, 11) is 0. The third-order valence-electron chi connectivity index (χ3n) is 3.82. The van der Waals surface area contributed by atoms with E-state index in [-0.39, 0.29) is 0 Å². The number of halogens is 2. The van der Waals surface area contributed by atoms with E-state index in [9.17, 15) is 0 Å². The first-order valence-corrected chi connectivity index (χ1v) is 11.6. The molecule has 0 radical (unpaired) electrons. The van der Waals surface area contributed by atoms with Crippen molar-refractivity contribution in [1.82, 2.24) is 34.1 Å². The van der Waals surface area contributed by atoms with Crippen LogP contribution < -0.4 is 0 Å². The van der Waals surface area contributed by atoms with Gasteiger partial charge in [0.15, 0.2) is 27.3 Å². The average molecular weight is 515 g/mol. The molecule has 0 saturated carbocycles. The summed E-state index contributed by atoms with van der Waals surface area (Å²) in [5.41, 5.74) is 3.18. The second-order valence-electron chi connectivity index (χ2n) is 5.34. The molecule has 0 unspecified atom stereocenters. The first kappa shape index (κ1) is 18.2. The van der Waals surface area contributed by atoms with Crippen LogP contribution in [0.15, 0.2) is 37.8 Å². The van der Waals surface area contributed by atoms with Crippen LogP contribution in [0.3, 0.4) is 0 Å². The SMILES string of the molecule is CSc1nc2cc(Br)cnc2n1CCn1c(SC)nc2ncc(Br)nc21. The number of aryl methyl sites for hydroxylation is 2. The van der Waals surface area contributed by atoms with E-state index in [0.717, 1.165) is 31.6 Å². The van der Waals surface area contributed by atoms with Crippen molar-refractivity contribution in [2.24, 2.45) is 0 Å². The molecule has 0 aliphatic carbocycles. The van der Waals surface area contributed by atoms with Gasteiger partial charge in [0.1, 0.15) is 10.1 Å². The molecule has 4 rings (SSSR count). The fraction of sp³-hybridized carbons (Fsp3) is 0.267. The maximum Gasteiger partial charge on any atom is 0.198 e. The van der Waals surface area contributed by atoms with Gasteiger partial charge in [-0.25, -0.2) is 24.9 Å². The van der Waals surface area contributed by atoms with Gasteiger partial charge in [0, 0.05) is 23.8 Å². The molecule has 0 atom stereocenters. The Morgan fingerprint density at radius 1 is 0.885 bits per heavy atom. The number of fused-ring (bicyclic) bond motifs is 2. The third kappa shape index (κ3) is 3.25. The number of imidazole rings is 2. The Balaban J connectivity index is 1.75. The molecule has 0 bridgehead atoms. The van der Waals surface area contributed by atoms with Crippen molar-refractivity contribution in [3.05, 3.63) is 27.5 Å². The molecular formula is C15H13Br2N7S2. The highest BCUT2D eigenvalue weighted by Gasteiger charge is 2.16. The van der Waals surface area contributed by atoms with E-state index in [0.29, 0.717) is 23.3 Å². The highest BCUT2D eigenvalue weighted by atomic mass is 79.9. The Hall–Kier alpha value is -1.17. The molecule has 0 aliphatic heterocycles. The van der Waals surface area contributed by atoms with Gasteiger partial charge in [-0.15, -0.1) is 0 Å². The molecule has 4 heterocycles. The van der Waals surface area contributed by atoms with Gasteiger partial charge >= 0.3 is 0 Å². The lowest BCUT2D eigenvalue weighted by Gasteiger charge is -2.10. The van der Waals surface area contributed by atoms with E-state index in [4.69, 9.17) is 0 Å². The smallest absolute Gasteiger partial charge is 0.198 e. The molecule has 26 heavy (non-hydrogen) atoms. The molecule has 0 spiro atoms. The second-order valence-corrected chi connectivity index (χ2v) is 8.61. The molecule has 0 fully saturated rings. The minimum absolute atomic E-state index is 0.653. The summed E-state index contributed by atoms with van der Waals surface area (Å²) in [5, 5.41) is 1.83. The molecular weight excluding hydrogens is 502 g/mol. The largest absolute Gasteiger partial charge is 0.302 e. The van der Waals surface area contributed by atoms with Gasteiger partial charge in [0.05, 0.1) is 6.20 Å². The summed E-state index contributed by atoms with van der Waals surface area (Å²) in [4.78, 5) is 22.7. The first-order chi connectivity index (χ1) is 12.6. The molecule has 0 amide bonds. The zero-order valence-electron chi connectivity index (χ0n) is 13.8. The fourth-order valence-corrected chi connectivity index (χ4v) is 4.49. The standard InChI is InChI=1S/C15H13Br2N7S2/c1-25-14-20-9-5-8(16)6-19-12(9)23(14)3-4-24-13-11(22-15(24)26-2)18-7-10(17)21-13/h5-7H,3-4H2,1-2H3. The monoisotopic (exact) mass is 513 g/mol. The summed E-state index contributed by atoms with van der Waals surface area (Å²) < 4.78 is 5.84. The van der Waals surface area contributed by atoms with Crippen molar-refractivity contribution in [1.29, 1.82) is 0 Å². The van der Waals surface area contributed by atoms with Crippen molar-refractivity contribution in [2.75, 3.05) is 12.5 Å². The van der Waals surface area contributed by atoms with E-state index >= 15 is 0 Å². The van der Waals surface area contributed by atoms with Gasteiger partial charge in [-0.05, 0) is 50.4 Å². The number of aromatic nitrogens is 7. The maximum absolute atomic E-state index is 4.68. The van der Waals surface area contributed by atoms with Crippen molar-refractivity contribution >= 4 is 77.8 Å². The van der Waals surface area contributed by atoms with Crippen molar-refractivity contribution < 1.29 is 0 Å². The molecule has 0 aromatic carbocycles. The number of hydrogen-bond acceptors (Lipinski definition) is 7. The maximum atomic E-state index is 4.68. The van der Waals surface area contributed by atoms with Gasteiger partial charge < -0.3 is 9.13 Å². The number of hydrogen-bond donors (Lipinski definition) is 0. The predicted octanol–water partition coefficient (Wildman–Crippen LogP) is 4.24. The highest BCUT2D eigenvalue weighted by Crippen LogP contribution is 2.25. The van der Waals surface area contributed by atoms with Crippen LogP contribution >= 0.6 is 55.4 Å². The first-order valence-electron chi connectivity index (χ1n) is 7.59. The van der Waals surface area contributed by atoms with Crippen molar-refractivity contribution in [2.45, 2.75) is 23.4 Å². The van der Waals surface area contributed by atoms with Gasteiger partial charge in [0.25, 0.3) is 0 Å². The Labute approximate surface area is 174 Å². The summed E-state index contributed by atoms with van der Waals surface area (Å²) >= 11 is 10.0. The molecule has 11 heteroatoms. The second kappa shape index (κ2) is 7.45. The van der Waals surface area contributed by atoms with Gasteiger partial charge in [-0.3, -0.25) is 0 Å². The zero-order chi connectivity index (χ0) is 18.3. The Bertz CT molecular complexity index is 1110. The summed E-state index contributed by atoms with van der Waals surface area (Å²) in [6.45, 7) is 1.42. The Morgan fingerprint density at radius 3 is 2.31 bits per heavy atom. The minimum Gasteiger partial charge on any atom is -0.302 e. The van der Waals surface area contributed by atoms with Crippen LogP contribution in [0.1, 0.15) is 0 Å². The number of thioether (sulfide) groups is 2. The lowest BCUT2D eigenvalue weighted by Crippen LogP contribution is -2.10. The molecule has 4 aromatic rings. The lowest BCUT2D eigenvalue weighted by atomic mass is 10.4. The van der Waals surface area contributed by atoms with E-state index < -0.39 is 0 Å². The third-order valence-corrected chi connectivity index (χ3v) is 5.99. The number of nitrogens with zero attached hydrogens (tertiary/aromatic N) is 7. The minimum atomic E-state index is 0.653. The summed E-state index contributed by atoms with van der Waals surface area (Å²) in [6.07, 6.45) is 7.50. The van der Waals surface area contributed by atoms with Crippen LogP contribution in [-0.4, -0.2) is 46.6 Å². The normalized spacial score (nSPS) is 11.7. The summed E-state index contributed by atoms with van der Waals surface area (Å²) in [5.74, 6) is 0. The fourth-order valence-electron chi connectivity index (χ4n) is 2.73. The lowest BCUT2D eigenvalue weighted by molar-refractivity contribution is 0.535. The quantitative estimate of drug-likeness (QED) is 0.369.